The van der Waals surface area contributed by atoms with Crippen LogP contribution >= 0.6 is 0 Å². The number of ketones is 1. The highest BCUT2D eigenvalue weighted by molar-refractivity contribution is 6.11. The van der Waals surface area contributed by atoms with E-state index in [-0.39, 0.29) is 5.78 Å². The molecule has 0 saturated heterocycles. The third-order valence-electron chi connectivity index (χ3n) is 3.19. The van der Waals surface area contributed by atoms with E-state index in [2.05, 4.69) is 15.3 Å². The first-order valence-electron chi connectivity index (χ1n) is 6.23. The van der Waals surface area contributed by atoms with Gasteiger partial charge in [0.2, 0.25) is 0 Å². The number of anilines is 1. The van der Waals surface area contributed by atoms with Gasteiger partial charge in [0.05, 0.1) is 5.56 Å². The summed E-state index contributed by atoms with van der Waals surface area (Å²) in [5.41, 5.74) is 2.85. The zero-order chi connectivity index (χ0) is 13.2. The van der Waals surface area contributed by atoms with Crippen LogP contribution in [0.25, 0.3) is 10.9 Å². The third-order valence-corrected chi connectivity index (χ3v) is 3.19. The molecule has 0 saturated carbocycles. The molecule has 0 spiro atoms. The molecule has 0 unspecified atom stereocenters. The molecule has 0 atom stereocenters. The molecule has 2 heterocycles. The molecule has 0 amide bonds. The average Bonchev–Trinajstić information content (AvgIpc) is 3.03. The molecule has 0 aliphatic carbocycles. The Kier molecular flexibility index (Phi) is 2.83. The van der Waals surface area contributed by atoms with Crippen molar-refractivity contribution in [2.75, 3.05) is 5.32 Å². The number of nitrogens with one attached hydrogen (secondary N) is 3. The Hall–Kier alpha value is -2.49. The van der Waals surface area contributed by atoms with Gasteiger partial charge in [0.15, 0.2) is 5.78 Å². The van der Waals surface area contributed by atoms with Crippen LogP contribution < -0.4 is 5.32 Å². The summed E-state index contributed by atoms with van der Waals surface area (Å²) in [6, 6.07) is 9.84. The minimum absolute atomic E-state index is 0.0639. The predicted octanol–water partition coefficient (Wildman–Crippen LogP) is 3.31. The van der Waals surface area contributed by atoms with Gasteiger partial charge in [0, 0.05) is 29.8 Å². The maximum absolute atomic E-state index is 11.8. The smallest absolute Gasteiger partial charge is 0.164 e. The lowest BCUT2D eigenvalue weighted by atomic mass is 10.1. The fourth-order valence-corrected chi connectivity index (χ4v) is 2.30. The first-order valence-corrected chi connectivity index (χ1v) is 6.23. The van der Waals surface area contributed by atoms with E-state index in [9.17, 15) is 4.79 Å². The van der Waals surface area contributed by atoms with Gasteiger partial charge in [0.25, 0.3) is 0 Å². The lowest BCUT2D eigenvalue weighted by Crippen LogP contribution is -2.03. The molecule has 4 nitrogen and oxygen atoms in total. The van der Waals surface area contributed by atoms with E-state index in [0.717, 1.165) is 27.8 Å². The fourth-order valence-electron chi connectivity index (χ4n) is 2.30. The molecule has 3 N–H and O–H groups in total. The highest BCUT2D eigenvalue weighted by atomic mass is 16.1. The number of benzene rings is 1. The van der Waals surface area contributed by atoms with Gasteiger partial charge in [-0.15, -0.1) is 0 Å². The summed E-state index contributed by atoms with van der Waals surface area (Å²) in [4.78, 5) is 18.1. The van der Waals surface area contributed by atoms with Crippen molar-refractivity contribution in [2.45, 2.75) is 13.5 Å². The van der Waals surface area contributed by atoms with Crippen LogP contribution in [-0.2, 0) is 6.54 Å². The van der Waals surface area contributed by atoms with Crippen molar-refractivity contribution in [3.05, 3.63) is 53.9 Å². The Balaban J connectivity index is 1.98. The third kappa shape index (κ3) is 2.12. The Bertz CT molecular complexity index is 710. The van der Waals surface area contributed by atoms with E-state index in [1.807, 2.05) is 42.7 Å². The number of hydrogen-bond donors (Lipinski definition) is 3. The van der Waals surface area contributed by atoms with Crippen LogP contribution in [0.15, 0.2) is 42.7 Å². The fraction of sp³-hybridized carbons (Fsp3) is 0.133. The van der Waals surface area contributed by atoms with Gasteiger partial charge in [-0.05, 0) is 24.6 Å². The largest absolute Gasteiger partial charge is 0.367 e. The van der Waals surface area contributed by atoms with Crippen molar-refractivity contribution < 1.29 is 4.79 Å². The topological polar surface area (TPSA) is 60.7 Å². The summed E-state index contributed by atoms with van der Waals surface area (Å²) in [7, 11) is 0. The van der Waals surface area contributed by atoms with E-state index < -0.39 is 0 Å². The predicted molar refractivity (Wildman–Crippen MR) is 76.4 cm³/mol. The summed E-state index contributed by atoms with van der Waals surface area (Å²) >= 11 is 0. The van der Waals surface area contributed by atoms with E-state index in [4.69, 9.17) is 0 Å². The molecule has 2 aromatic heterocycles. The van der Waals surface area contributed by atoms with E-state index in [1.165, 1.54) is 0 Å². The number of Topliss-reactive ketones (excluding diaryl/α,β-unsaturated/α-hetero) is 1. The van der Waals surface area contributed by atoms with Gasteiger partial charge in [-0.2, -0.15) is 0 Å². The second-order valence-corrected chi connectivity index (χ2v) is 4.55. The van der Waals surface area contributed by atoms with Crippen molar-refractivity contribution in [3.8, 4) is 0 Å². The van der Waals surface area contributed by atoms with Gasteiger partial charge in [0.1, 0.15) is 5.82 Å². The van der Waals surface area contributed by atoms with E-state index >= 15 is 0 Å². The van der Waals surface area contributed by atoms with Crippen LogP contribution in [0.3, 0.4) is 0 Å². The number of para-hydroxylation sites is 1. The second-order valence-electron chi connectivity index (χ2n) is 4.55. The minimum Gasteiger partial charge on any atom is -0.367 e. The van der Waals surface area contributed by atoms with Crippen LogP contribution in [0.5, 0.6) is 0 Å². The normalized spacial score (nSPS) is 10.8. The molecular formula is C15H15N3O. The second kappa shape index (κ2) is 4.65. The summed E-state index contributed by atoms with van der Waals surface area (Å²) in [5.74, 6) is 0.851. The standard InChI is InChI=1S/C15H15N3O/c1-10(19)14-12-4-2-3-5-13(12)18-15(14)17-9-11-6-7-16-8-11/h2-8,16-18H,9H2,1H3. The lowest BCUT2D eigenvalue weighted by Gasteiger charge is -2.04. The summed E-state index contributed by atoms with van der Waals surface area (Å²) in [6.07, 6.45) is 3.82. The van der Waals surface area contributed by atoms with Crippen molar-refractivity contribution in [2.24, 2.45) is 0 Å². The van der Waals surface area contributed by atoms with Crippen LogP contribution in [0.1, 0.15) is 22.8 Å². The van der Waals surface area contributed by atoms with Crippen LogP contribution in [-0.4, -0.2) is 15.8 Å². The Morgan fingerprint density at radius 1 is 1.26 bits per heavy atom. The van der Waals surface area contributed by atoms with Crippen LogP contribution in [0.4, 0.5) is 5.82 Å². The molecular weight excluding hydrogens is 238 g/mol. The Morgan fingerprint density at radius 3 is 2.84 bits per heavy atom. The average molecular weight is 253 g/mol. The number of H-pyrrole nitrogens is 2. The molecule has 3 aromatic rings. The lowest BCUT2D eigenvalue weighted by molar-refractivity contribution is 0.102. The summed E-state index contributed by atoms with van der Waals surface area (Å²) in [5, 5.41) is 4.25. The molecule has 3 rings (SSSR count). The van der Waals surface area contributed by atoms with Crippen molar-refractivity contribution in [1.29, 1.82) is 0 Å². The number of fused-ring (bicyclic) bond motifs is 1. The molecule has 0 bridgehead atoms. The van der Waals surface area contributed by atoms with Gasteiger partial charge < -0.3 is 15.3 Å². The number of rotatable bonds is 4. The molecule has 4 heteroatoms. The number of aromatic nitrogens is 2. The van der Waals surface area contributed by atoms with Crippen molar-refractivity contribution in [3.63, 3.8) is 0 Å². The number of carbonyl (C=O) groups is 1. The molecule has 0 fully saturated rings. The Labute approximate surface area is 110 Å². The first-order chi connectivity index (χ1) is 9.25. The number of aromatic amines is 2. The van der Waals surface area contributed by atoms with Crippen molar-refractivity contribution in [1.82, 2.24) is 9.97 Å². The maximum atomic E-state index is 11.8. The van der Waals surface area contributed by atoms with Gasteiger partial charge in [-0.3, -0.25) is 4.79 Å². The van der Waals surface area contributed by atoms with Crippen molar-refractivity contribution >= 4 is 22.5 Å². The molecule has 0 aliphatic heterocycles. The molecule has 0 radical (unpaired) electrons. The number of hydrogen-bond acceptors (Lipinski definition) is 2. The number of carbonyl (C=O) groups excluding carboxylic acids is 1. The molecule has 96 valence electrons. The van der Waals surface area contributed by atoms with Gasteiger partial charge in [-0.25, -0.2) is 0 Å². The SMILES string of the molecule is CC(=O)c1c(NCc2cc[nH]c2)[nH]c2ccccc12. The summed E-state index contributed by atoms with van der Waals surface area (Å²) in [6.45, 7) is 2.27. The van der Waals surface area contributed by atoms with Gasteiger partial charge >= 0.3 is 0 Å². The molecule has 19 heavy (non-hydrogen) atoms. The van der Waals surface area contributed by atoms with Gasteiger partial charge in [-0.1, -0.05) is 18.2 Å². The highest BCUT2D eigenvalue weighted by Gasteiger charge is 2.14. The van der Waals surface area contributed by atoms with E-state index in [0.29, 0.717) is 6.54 Å². The highest BCUT2D eigenvalue weighted by Crippen LogP contribution is 2.26. The Morgan fingerprint density at radius 2 is 2.11 bits per heavy atom. The molecule has 1 aromatic carbocycles. The first kappa shape index (κ1) is 11.6. The summed E-state index contributed by atoms with van der Waals surface area (Å²) < 4.78 is 0. The maximum Gasteiger partial charge on any atom is 0.164 e. The minimum atomic E-state index is 0.0639. The van der Waals surface area contributed by atoms with Crippen LogP contribution in [0, 0.1) is 0 Å². The monoisotopic (exact) mass is 253 g/mol. The zero-order valence-corrected chi connectivity index (χ0v) is 10.7. The zero-order valence-electron chi connectivity index (χ0n) is 10.7. The van der Waals surface area contributed by atoms with Crippen LogP contribution in [0.2, 0.25) is 0 Å². The quantitative estimate of drug-likeness (QED) is 0.625. The van der Waals surface area contributed by atoms with E-state index in [1.54, 1.807) is 6.92 Å². The molecule has 0 aliphatic rings.